The number of nitrogens with one attached hydrogen (secondary N) is 1. The average molecular weight is 268 g/mol. The summed E-state index contributed by atoms with van der Waals surface area (Å²) in [7, 11) is 3.56. The van der Waals surface area contributed by atoms with E-state index in [0.29, 0.717) is 10.6 Å². The fourth-order valence-electron chi connectivity index (χ4n) is 2.07. The molecule has 0 fully saturated rings. The smallest absolute Gasteiger partial charge is 0.128 e. The molecular weight excluding hydrogens is 253 g/mol. The van der Waals surface area contributed by atoms with E-state index in [1.165, 1.54) is 6.07 Å². The summed E-state index contributed by atoms with van der Waals surface area (Å²) in [5.41, 5.74) is 2.33. The molecule has 1 aromatic carbocycles. The van der Waals surface area contributed by atoms with E-state index in [1.807, 2.05) is 13.0 Å². The molecule has 0 aliphatic heterocycles. The Kier molecular flexibility index (Phi) is 3.68. The molecule has 0 saturated heterocycles. The minimum atomic E-state index is -0.315. The summed E-state index contributed by atoms with van der Waals surface area (Å²) >= 11 is 6.11. The minimum Gasteiger partial charge on any atom is -0.308 e. The molecule has 0 radical (unpaired) electrons. The maximum Gasteiger partial charge on any atom is 0.128 e. The van der Waals surface area contributed by atoms with Crippen LogP contribution >= 0.6 is 11.6 Å². The second-order valence-electron chi connectivity index (χ2n) is 4.25. The van der Waals surface area contributed by atoms with Crippen molar-refractivity contribution < 1.29 is 4.39 Å². The summed E-state index contributed by atoms with van der Waals surface area (Å²) in [4.78, 5) is 0. The topological polar surface area (TPSA) is 29.9 Å². The molecular formula is C13H15ClFN3. The molecule has 0 bridgehead atoms. The van der Waals surface area contributed by atoms with Crippen molar-refractivity contribution in [3.8, 4) is 0 Å². The third-order valence-electron chi connectivity index (χ3n) is 2.96. The molecule has 1 atom stereocenters. The normalized spacial score (nSPS) is 12.7. The van der Waals surface area contributed by atoms with Gasteiger partial charge in [0.1, 0.15) is 5.82 Å². The van der Waals surface area contributed by atoms with Crippen LogP contribution in [0.1, 0.15) is 22.9 Å². The van der Waals surface area contributed by atoms with Crippen molar-refractivity contribution in [2.75, 3.05) is 7.05 Å². The molecule has 2 rings (SSSR count). The van der Waals surface area contributed by atoms with E-state index in [-0.39, 0.29) is 11.9 Å². The second kappa shape index (κ2) is 5.08. The maximum absolute atomic E-state index is 13.9. The van der Waals surface area contributed by atoms with Gasteiger partial charge in [0.2, 0.25) is 0 Å². The molecule has 1 heterocycles. The quantitative estimate of drug-likeness (QED) is 0.927. The highest BCUT2D eigenvalue weighted by molar-refractivity contribution is 6.31. The standard InChI is InChI=1S/C13H15ClFN3/c1-8-4-5-11(15)9(6-8)12(16-2)13-10(14)7-17-18(13)3/h4-7,12,16H,1-3H3. The van der Waals surface area contributed by atoms with Crippen LogP contribution in [0.3, 0.4) is 0 Å². The van der Waals surface area contributed by atoms with Crippen molar-refractivity contribution in [2.45, 2.75) is 13.0 Å². The molecule has 0 aliphatic carbocycles. The zero-order chi connectivity index (χ0) is 13.3. The number of hydrogen-bond acceptors (Lipinski definition) is 2. The fraction of sp³-hybridized carbons (Fsp3) is 0.308. The molecule has 2 aromatic rings. The van der Waals surface area contributed by atoms with Gasteiger partial charge in [0, 0.05) is 12.6 Å². The predicted molar refractivity (Wildman–Crippen MR) is 70.3 cm³/mol. The first kappa shape index (κ1) is 13.1. The zero-order valence-corrected chi connectivity index (χ0v) is 11.3. The van der Waals surface area contributed by atoms with Crippen LogP contribution in [0.2, 0.25) is 5.02 Å². The third kappa shape index (κ3) is 2.26. The zero-order valence-electron chi connectivity index (χ0n) is 10.5. The molecule has 0 spiro atoms. The summed E-state index contributed by atoms with van der Waals surface area (Å²) in [5, 5.41) is 7.70. The number of aromatic nitrogens is 2. The molecule has 1 unspecified atom stereocenters. The SMILES string of the molecule is CNC(c1cc(C)ccc1F)c1c(Cl)cnn1C. The van der Waals surface area contributed by atoms with Gasteiger partial charge in [-0.15, -0.1) is 0 Å². The van der Waals surface area contributed by atoms with Crippen LogP contribution in [-0.2, 0) is 7.05 Å². The van der Waals surface area contributed by atoms with Gasteiger partial charge in [0.05, 0.1) is 23.0 Å². The van der Waals surface area contributed by atoms with E-state index in [1.54, 1.807) is 31.0 Å². The van der Waals surface area contributed by atoms with Crippen LogP contribution < -0.4 is 5.32 Å². The molecule has 5 heteroatoms. The Morgan fingerprint density at radius 2 is 2.17 bits per heavy atom. The van der Waals surface area contributed by atoms with Crippen LogP contribution in [0.25, 0.3) is 0 Å². The monoisotopic (exact) mass is 267 g/mol. The molecule has 1 N–H and O–H groups in total. The largest absolute Gasteiger partial charge is 0.308 e. The Morgan fingerprint density at radius 1 is 1.44 bits per heavy atom. The van der Waals surface area contributed by atoms with Crippen molar-refractivity contribution in [3.05, 3.63) is 52.1 Å². The number of benzene rings is 1. The fourth-order valence-corrected chi connectivity index (χ4v) is 2.34. The van der Waals surface area contributed by atoms with Gasteiger partial charge in [-0.3, -0.25) is 4.68 Å². The molecule has 0 aliphatic rings. The lowest BCUT2D eigenvalue weighted by Crippen LogP contribution is -2.22. The summed E-state index contributed by atoms with van der Waals surface area (Å²) in [6.07, 6.45) is 1.56. The minimum absolute atomic E-state index is 0.253. The lowest BCUT2D eigenvalue weighted by atomic mass is 10.0. The number of aryl methyl sites for hydroxylation is 2. The number of rotatable bonds is 3. The Hall–Kier alpha value is -1.39. The predicted octanol–water partition coefficient (Wildman–Crippen LogP) is 2.83. The van der Waals surface area contributed by atoms with Crippen molar-refractivity contribution in [2.24, 2.45) is 7.05 Å². The van der Waals surface area contributed by atoms with Crippen molar-refractivity contribution in [1.82, 2.24) is 15.1 Å². The van der Waals surface area contributed by atoms with Gasteiger partial charge in [-0.1, -0.05) is 29.3 Å². The first-order valence-electron chi connectivity index (χ1n) is 5.65. The Labute approximate surface area is 111 Å². The van der Waals surface area contributed by atoms with Gasteiger partial charge in [-0.05, 0) is 20.0 Å². The van der Waals surface area contributed by atoms with Crippen molar-refractivity contribution in [3.63, 3.8) is 0 Å². The summed E-state index contributed by atoms with van der Waals surface area (Å²) in [6, 6.07) is 4.72. The summed E-state index contributed by atoms with van der Waals surface area (Å²) in [5.74, 6) is -0.253. The van der Waals surface area contributed by atoms with E-state index in [4.69, 9.17) is 11.6 Å². The number of nitrogens with zero attached hydrogens (tertiary/aromatic N) is 2. The average Bonchev–Trinajstić information content (AvgIpc) is 2.66. The Morgan fingerprint density at radius 3 is 2.72 bits per heavy atom. The highest BCUT2D eigenvalue weighted by Gasteiger charge is 2.22. The van der Waals surface area contributed by atoms with Crippen LogP contribution in [0.5, 0.6) is 0 Å². The van der Waals surface area contributed by atoms with E-state index < -0.39 is 0 Å². The number of hydrogen-bond donors (Lipinski definition) is 1. The first-order valence-corrected chi connectivity index (χ1v) is 6.03. The van der Waals surface area contributed by atoms with Gasteiger partial charge in [-0.25, -0.2) is 4.39 Å². The van der Waals surface area contributed by atoms with Gasteiger partial charge < -0.3 is 5.32 Å². The van der Waals surface area contributed by atoms with E-state index >= 15 is 0 Å². The maximum atomic E-state index is 13.9. The Balaban J connectivity index is 2.55. The van der Waals surface area contributed by atoms with Crippen LogP contribution in [-0.4, -0.2) is 16.8 Å². The number of halogens is 2. The molecule has 0 saturated carbocycles. The van der Waals surface area contributed by atoms with E-state index in [0.717, 1.165) is 11.3 Å². The Bertz CT molecular complexity index is 546. The van der Waals surface area contributed by atoms with Crippen LogP contribution in [0, 0.1) is 12.7 Å². The second-order valence-corrected chi connectivity index (χ2v) is 4.66. The van der Waals surface area contributed by atoms with E-state index in [2.05, 4.69) is 10.4 Å². The van der Waals surface area contributed by atoms with Gasteiger partial charge in [-0.2, -0.15) is 5.10 Å². The van der Waals surface area contributed by atoms with Crippen LogP contribution in [0.15, 0.2) is 24.4 Å². The summed E-state index contributed by atoms with van der Waals surface area (Å²) < 4.78 is 15.6. The van der Waals surface area contributed by atoms with Crippen molar-refractivity contribution >= 4 is 11.6 Å². The van der Waals surface area contributed by atoms with Crippen LogP contribution in [0.4, 0.5) is 4.39 Å². The highest BCUT2D eigenvalue weighted by atomic mass is 35.5. The molecule has 96 valence electrons. The molecule has 3 nitrogen and oxygen atoms in total. The lowest BCUT2D eigenvalue weighted by Gasteiger charge is -2.19. The van der Waals surface area contributed by atoms with E-state index in [9.17, 15) is 4.39 Å². The van der Waals surface area contributed by atoms with Gasteiger partial charge in [0.15, 0.2) is 0 Å². The first-order chi connectivity index (χ1) is 8.54. The molecule has 1 aromatic heterocycles. The summed E-state index contributed by atoms with van der Waals surface area (Å²) in [6.45, 7) is 1.93. The third-order valence-corrected chi connectivity index (χ3v) is 3.25. The van der Waals surface area contributed by atoms with Gasteiger partial charge in [0.25, 0.3) is 0 Å². The molecule has 0 amide bonds. The van der Waals surface area contributed by atoms with Gasteiger partial charge >= 0.3 is 0 Å². The molecule has 18 heavy (non-hydrogen) atoms. The van der Waals surface area contributed by atoms with Crippen molar-refractivity contribution in [1.29, 1.82) is 0 Å². The lowest BCUT2D eigenvalue weighted by molar-refractivity contribution is 0.551. The highest BCUT2D eigenvalue weighted by Crippen LogP contribution is 2.29.